The van der Waals surface area contributed by atoms with Gasteiger partial charge in [-0.1, -0.05) is 6.92 Å². The van der Waals surface area contributed by atoms with Crippen molar-refractivity contribution in [3.8, 4) is 0 Å². The van der Waals surface area contributed by atoms with Gasteiger partial charge < -0.3 is 20.3 Å². The van der Waals surface area contributed by atoms with E-state index >= 15 is 0 Å². The Bertz CT molecular complexity index is 458. The molecule has 8 heteroatoms. The molecule has 0 aliphatic heterocycles. The van der Waals surface area contributed by atoms with Gasteiger partial charge in [0.1, 0.15) is 12.1 Å². The SMILES string of the molecule is CCO[C@@H](CC)C(=O)N[C@@H](CCC(=O)C=[N+]=[N-])C(=O)OC(C)C. The van der Waals surface area contributed by atoms with E-state index in [1.165, 1.54) is 0 Å². The molecule has 8 nitrogen and oxygen atoms in total. The maximum Gasteiger partial charge on any atom is 0.328 e. The zero-order valence-electron chi connectivity index (χ0n) is 14.1. The Balaban J connectivity index is 4.89. The quantitative estimate of drug-likeness (QED) is 0.262. The van der Waals surface area contributed by atoms with Crippen molar-refractivity contribution in [3.05, 3.63) is 5.53 Å². The molecule has 0 bridgehead atoms. The number of hydrogen-bond donors (Lipinski definition) is 1. The van der Waals surface area contributed by atoms with Crippen molar-refractivity contribution in [1.29, 1.82) is 0 Å². The number of ketones is 1. The largest absolute Gasteiger partial charge is 0.461 e. The van der Waals surface area contributed by atoms with Gasteiger partial charge in [0.2, 0.25) is 11.7 Å². The first-order valence-corrected chi connectivity index (χ1v) is 7.68. The summed E-state index contributed by atoms with van der Waals surface area (Å²) < 4.78 is 10.4. The molecule has 0 aromatic carbocycles. The Morgan fingerprint density at radius 3 is 2.39 bits per heavy atom. The van der Waals surface area contributed by atoms with Gasteiger partial charge in [0.25, 0.3) is 0 Å². The van der Waals surface area contributed by atoms with Crippen LogP contribution in [0.1, 0.15) is 47.0 Å². The van der Waals surface area contributed by atoms with Crippen LogP contribution in [0.4, 0.5) is 0 Å². The third-order valence-corrected chi connectivity index (χ3v) is 2.87. The number of carbonyl (C=O) groups is 3. The Labute approximate surface area is 136 Å². The number of amides is 1. The van der Waals surface area contributed by atoms with E-state index < -0.39 is 29.8 Å². The van der Waals surface area contributed by atoms with Gasteiger partial charge in [0.15, 0.2) is 0 Å². The molecule has 2 atom stereocenters. The average molecular weight is 327 g/mol. The van der Waals surface area contributed by atoms with E-state index in [4.69, 9.17) is 15.0 Å². The first kappa shape index (κ1) is 20.9. The molecule has 0 aliphatic rings. The van der Waals surface area contributed by atoms with Gasteiger partial charge in [-0.2, -0.15) is 4.79 Å². The minimum absolute atomic E-state index is 0.0463. The smallest absolute Gasteiger partial charge is 0.328 e. The molecule has 0 rings (SSSR count). The van der Waals surface area contributed by atoms with Crippen LogP contribution in [-0.4, -0.2) is 53.5 Å². The molecule has 23 heavy (non-hydrogen) atoms. The lowest BCUT2D eigenvalue weighted by Crippen LogP contribution is -2.47. The predicted octanol–water partition coefficient (Wildman–Crippen LogP) is 0.888. The molecule has 0 saturated heterocycles. The highest BCUT2D eigenvalue weighted by atomic mass is 16.5. The van der Waals surface area contributed by atoms with Crippen molar-refractivity contribution in [2.45, 2.75) is 65.2 Å². The van der Waals surface area contributed by atoms with E-state index in [9.17, 15) is 14.4 Å². The molecular formula is C15H25N3O5. The van der Waals surface area contributed by atoms with Crippen LogP contribution >= 0.6 is 0 Å². The van der Waals surface area contributed by atoms with Crippen molar-refractivity contribution in [3.63, 3.8) is 0 Å². The number of carbonyl (C=O) groups excluding carboxylic acids is 3. The molecule has 0 heterocycles. The highest BCUT2D eigenvalue weighted by molar-refractivity contribution is 6.25. The summed E-state index contributed by atoms with van der Waals surface area (Å²) in [5.41, 5.74) is 8.31. The van der Waals surface area contributed by atoms with Crippen LogP contribution in [-0.2, 0) is 23.9 Å². The Kier molecular flexibility index (Phi) is 10.5. The van der Waals surface area contributed by atoms with Gasteiger partial charge in [-0.3, -0.25) is 9.59 Å². The van der Waals surface area contributed by atoms with Gasteiger partial charge in [0.05, 0.1) is 6.10 Å². The first-order valence-electron chi connectivity index (χ1n) is 7.68. The second-order valence-corrected chi connectivity index (χ2v) is 5.15. The van der Waals surface area contributed by atoms with Crippen LogP contribution in [0.5, 0.6) is 0 Å². The normalized spacial score (nSPS) is 12.9. The Hall–Kier alpha value is -2.05. The number of hydrogen-bond acceptors (Lipinski definition) is 5. The topological polar surface area (TPSA) is 118 Å². The van der Waals surface area contributed by atoms with E-state index in [0.717, 1.165) is 6.21 Å². The van der Waals surface area contributed by atoms with E-state index in [1.807, 2.05) is 0 Å². The summed E-state index contributed by atoms with van der Waals surface area (Å²) in [6, 6.07) is -0.963. The fourth-order valence-corrected chi connectivity index (χ4v) is 1.82. The summed E-state index contributed by atoms with van der Waals surface area (Å²) in [6.07, 6.45) is 0.191. The van der Waals surface area contributed by atoms with Crippen molar-refractivity contribution >= 4 is 23.9 Å². The highest BCUT2D eigenvalue weighted by Gasteiger charge is 2.27. The zero-order chi connectivity index (χ0) is 17.8. The molecule has 0 aromatic heterocycles. The summed E-state index contributed by atoms with van der Waals surface area (Å²) in [6.45, 7) is 7.32. The number of Topliss-reactive ketones (excluding diaryl/α,β-unsaturated/α-hetero) is 1. The molecule has 0 aliphatic carbocycles. The number of ether oxygens (including phenoxy) is 2. The molecule has 0 aromatic rings. The molecule has 0 radical (unpaired) electrons. The maximum absolute atomic E-state index is 12.1. The summed E-state index contributed by atoms with van der Waals surface area (Å²) >= 11 is 0. The second-order valence-electron chi connectivity index (χ2n) is 5.15. The minimum atomic E-state index is -0.963. The van der Waals surface area contributed by atoms with E-state index in [0.29, 0.717) is 13.0 Å². The van der Waals surface area contributed by atoms with Crippen molar-refractivity contribution in [2.75, 3.05) is 6.61 Å². The first-order chi connectivity index (χ1) is 10.8. The lowest BCUT2D eigenvalue weighted by atomic mass is 10.1. The minimum Gasteiger partial charge on any atom is -0.461 e. The van der Waals surface area contributed by atoms with Crippen LogP contribution < -0.4 is 5.32 Å². The van der Waals surface area contributed by atoms with Crippen molar-refractivity contribution < 1.29 is 28.6 Å². The standard InChI is InChI=1S/C15H25N3O5/c1-5-13(22-6-2)14(20)18-12(15(21)23-10(3)4)8-7-11(19)9-17-16/h9-10,12-13H,5-8H2,1-4H3,(H,18,20)/t12-,13-/m0/s1. The number of esters is 1. The summed E-state index contributed by atoms with van der Waals surface area (Å²) in [5, 5.41) is 2.56. The fraction of sp³-hybridized carbons (Fsp3) is 0.733. The summed E-state index contributed by atoms with van der Waals surface area (Å²) in [7, 11) is 0. The zero-order valence-corrected chi connectivity index (χ0v) is 14.1. The summed E-state index contributed by atoms with van der Waals surface area (Å²) in [4.78, 5) is 38.2. The lowest BCUT2D eigenvalue weighted by molar-refractivity contribution is -0.153. The van der Waals surface area contributed by atoms with Crippen LogP contribution in [0.3, 0.4) is 0 Å². The molecule has 130 valence electrons. The third kappa shape index (κ3) is 8.85. The molecule has 0 saturated carbocycles. The van der Waals surface area contributed by atoms with Gasteiger partial charge >= 0.3 is 12.2 Å². The molecule has 1 N–H and O–H groups in total. The lowest BCUT2D eigenvalue weighted by Gasteiger charge is -2.21. The molecule has 0 spiro atoms. The van der Waals surface area contributed by atoms with Crippen molar-refractivity contribution in [2.24, 2.45) is 0 Å². The number of nitrogens with zero attached hydrogens (tertiary/aromatic N) is 2. The van der Waals surface area contributed by atoms with Gasteiger partial charge in [-0.25, -0.2) is 4.79 Å². The number of nitrogens with one attached hydrogen (secondary N) is 1. The van der Waals surface area contributed by atoms with Crippen LogP contribution in [0.15, 0.2) is 0 Å². The van der Waals surface area contributed by atoms with Crippen molar-refractivity contribution in [1.82, 2.24) is 5.32 Å². The van der Waals surface area contributed by atoms with Crippen LogP contribution in [0.2, 0.25) is 0 Å². The van der Waals surface area contributed by atoms with Crippen LogP contribution in [0.25, 0.3) is 5.53 Å². The molecule has 0 fully saturated rings. The average Bonchev–Trinajstić information content (AvgIpc) is 2.48. The predicted molar refractivity (Wildman–Crippen MR) is 82.8 cm³/mol. The molecule has 0 unspecified atom stereocenters. The summed E-state index contributed by atoms with van der Waals surface area (Å²) in [5.74, 6) is -1.50. The maximum atomic E-state index is 12.1. The van der Waals surface area contributed by atoms with Gasteiger partial charge in [-0.05, 0) is 33.6 Å². The van der Waals surface area contributed by atoms with Gasteiger partial charge in [0, 0.05) is 13.0 Å². The van der Waals surface area contributed by atoms with Crippen LogP contribution in [0, 0.1) is 0 Å². The highest BCUT2D eigenvalue weighted by Crippen LogP contribution is 2.06. The second kappa shape index (κ2) is 11.5. The van der Waals surface area contributed by atoms with E-state index in [1.54, 1.807) is 27.7 Å². The van der Waals surface area contributed by atoms with E-state index in [-0.39, 0.29) is 18.9 Å². The van der Waals surface area contributed by atoms with Gasteiger partial charge in [-0.15, -0.1) is 0 Å². The number of rotatable bonds is 11. The molecular weight excluding hydrogens is 302 g/mol. The Morgan fingerprint density at radius 2 is 1.91 bits per heavy atom. The Morgan fingerprint density at radius 1 is 1.26 bits per heavy atom. The monoisotopic (exact) mass is 327 g/mol. The third-order valence-electron chi connectivity index (χ3n) is 2.87. The molecule has 1 amide bonds. The fourth-order valence-electron chi connectivity index (χ4n) is 1.82. The van der Waals surface area contributed by atoms with E-state index in [2.05, 4.69) is 10.1 Å².